The van der Waals surface area contributed by atoms with Gasteiger partial charge in [-0.1, -0.05) is 0 Å². The third kappa shape index (κ3) is 2.54. The van der Waals surface area contributed by atoms with Gasteiger partial charge in [0, 0.05) is 11.8 Å². The predicted octanol–water partition coefficient (Wildman–Crippen LogP) is 0.894. The molecule has 0 amide bonds. The number of carbonyl (C=O) groups is 1. The highest BCUT2D eigenvalue weighted by Gasteiger charge is 2.15. The average molecular weight is 252 g/mol. The van der Waals surface area contributed by atoms with E-state index in [1.807, 2.05) is 0 Å². The van der Waals surface area contributed by atoms with E-state index in [2.05, 4.69) is 20.9 Å². The molecule has 0 spiro atoms. The second kappa shape index (κ2) is 3.97. The smallest absolute Gasteiger partial charge is 0.332 e. The molecular weight excluding hydrogens is 246 g/mol. The van der Waals surface area contributed by atoms with Gasteiger partial charge in [-0.2, -0.15) is 0 Å². The molecule has 0 radical (unpaired) electrons. The summed E-state index contributed by atoms with van der Waals surface area (Å²) in [6.07, 6.45) is -1.31. The van der Waals surface area contributed by atoms with Crippen molar-refractivity contribution in [2.24, 2.45) is 0 Å². The van der Waals surface area contributed by atoms with Crippen molar-refractivity contribution in [2.75, 3.05) is 0 Å². The lowest BCUT2D eigenvalue weighted by Crippen LogP contribution is -2.22. The minimum Gasteiger partial charge on any atom is -0.479 e. The Labute approximate surface area is 81.0 Å². The quantitative estimate of drug-likeness (QED) is 0.838. The Bertz CT molecular complexity index is 288. The Morgan fingerprint density at radius 1 is 1.83 bits per heavy atom. The minimum atomic E-state index is -1.36. The Hall–Kier alpha value is -0.460. The van der Waals surface area contributed by atoms with Gasteiger partial charge in [0.25, 0.3) is 0 Å². The second-order valence-corrected chi connectivity index (χ2v) is 4.28. The van der Waals surface area contributed by atoms with Crippen LogP contribution in [0.2, 0.25) is 0 Å². The number of aliphatic hydroxyl groups is 1. The van der Waals surface area contributed by atoms with Crippen molar-refractivity contribution in [1.82, 2.24) is 4.98 Å². The van der Waals surface area contributed by atoms with E-state index in [1.165, 1.54) is 11.3 Å². The number of carboxylic acids is 1. The molecule has 0 aliphatic rings. The lowest BCUT2D eigenvalue weighted by molar-refractivity contribution is -0.146. The molecule has 1 unspecified atom stereocenters. The van der Waals surface area contributed by atoms with E-state index in [4.69, 9.17) is 10.2 Å². The monoisotopic (exact) mass is 251 g/mol. The molecule has 12 heavy (non-hydrogen) atoms. The predicted molar refractivity (Wildman–Crippen MR) is 47.2 cm³/mol. The van der Waals surface area contributed by atoms with E-state index in [-0.39, 0.29) is 6.42 Å². The number of thiazole rings is 1. The molecule has 0 aliphatic heterocycles. The van der Waals surface area contributed by atoms with Crippen molar-refractivity contribution in [1.29, 1.82) is 0 Å². The molecule has 0 fully saturated rings. The fourth-order valence-corrected chi connectivity index (χ4v) is 1.72. The van der Waals surface area contributed by atoms with Gasteiger partial charge in [-0.25, -0.2) is 9.78 Å². The number of hydrogen-bond donors (Lipinski definition) is 2. The van der Waals surface area contributed by atoms with Gasteiger partial charge in [0.1, 0.15) is 0 Å². The summed E-state index contributed by atoms with van der Waals surface area (Å²) in [7, 11) is 0. The largest absolute Gasteiger partial charge is 0.479 e. The number of carboxylic acid groups (broad SMARTS) is 1. The molecule has 1 heterocycles. The van der Waals surface area contributed by atoms with Crippen LogP contribution in [-0.4, -0.2) is 27.3 Å². The van der Waals surface area contributed by atoms with E-state index < -0.39 is 12.1 Å². The standard InChI is InChI=1S/C6H6BrNO3S/c7-6-8-3(2-12-6)1-4(9)5(10)11/h2,4,9H,1H2,(H,10,11). The molecule has 0 aliphatic carbocycles. The topological polar surface area (TPSA) is 70.4 Å². The highest BCUT2D eigenvalue weighted by Crippen LogP contribution is 2.16. The molecule has 0 bridgehead atoms. The van der Waals surface area contributed by atoms with Gasteiger partial charge < -0.3 is 10.2 Å². The van der Waals surface area contributed by atoms with E-state index in [0.717, 1.165) is 0 Å². The summed E-state index contributed by atoms with van der Waals surface area (Å²) in [6, 6.07) is 0. The number of aromatic nitrogens is 1. The maximum atomic E-state index is 10.2. The Balaban J connectivity index is 2.58. The van der Waals surface area contributed by atoms with Crippen molar-refractivity contribution in [3.8, 4) is 0 Å². The second-order valence-electron chi connectivity index (χ2n) is 2.15. The van der Waals surface area contributed by atoms with Crippen LogP contribution in [0.25, 0.3) is 0 Å². The van der Waals surface area contributed by atoms with Crippen LogP contribution >= 0.6 is 27.3 Å². The van der Waals surface area contributed by atoms with E-state index in [9.17, 15) is 4.79 Å². The van der Waals surface area contributed by atoms with Crippen LogP contribution in [0.4, 0.5) is 0 Å². The van der Waals surface area contributed by atoms with Crippen molar-refractivity contribution in [3.05, 3.63) is 15.0 Å². The highest BCUT2D eigenvalue weighted by atomic mass is 79.9. The van der Waals surface area contributed by atoms with Gasteiger partial charge in [-0.3, -0.25) is 0 Å². The fraction of sp³-hybridized carbons (Fsp3) is 0.333. The highest BCUT2D eigenvalue weighted by molar-refractivity contribution is 9.11. The molecule has 0 aromatic carbocycles. The molecule has 0 saturated carbocycles. The van der Waals surface area contributed by atoms with Crippen molar-refractivity contribution in [2.45, 2.75) is 12.5 Å². The number of nitrogens with zero attached hydrogens (tertiary/aromatic N) is 1. The number of aliphatic carboxylic acids is 1. The van der Waals surface area contributed by atoms with Gasteiger partial charge in [0.05, 0.1) is 5.69 Å². The molecule has 4 nitrogen and oxygen atoms in total. The molecule has 1 aromatic heterocycles. The average Bonchev–Trinajstić information content (AvgIpc) is 2.35. The first-order valence-corrected chi connectivity index (χ1v) is 4.77. The summed E-state index contributed by atoms with van der Waals surface area (Å²) in [5.41, 5.74) is 0.585. The summed E-state index contributed by atoms with van der Waals surface area (Å²) in [4.78, 5) is 14.2. The van der Waals surface area contributed by atoms with Crippen LogP contribution in [0.15, 0.2) is 9.30 Å². The zero-order valence-electron chi connectivity index (χ0n) is 5.90. The van der Waals surface area contributed by atoms with Crippen LogP contribution in [0.5, 0.6) is 0 Å². The summed E-state index contributed by atoms with van der Waals surface area (Å²) < 4.78 is 0.690. The number of rotatable bonds is 3. The number of halogens is 1. The maximum Gasteiger partial charge on any atom is 0.332 e. The third-order valence-electron chi connectivity index (χ3n) is 1.21. The Morgan fingerprint density at radius 2 is 2.50 bits per heavy atom. The van der Waals surface area contributed by atoms with Crippen LogP contribution in [0, 0.1) is 0 Å². The Kier molecular flexibility index (Phi) is 3.19. The van der Waals surface area contributed by atoms with Gasteiger partial charge >= 0.3 is 5.97 Å². The molecule has 0 saturated heterocycles. The number of aliphatic hydroxyl groups excluding tert-OH is 1. The molecule has 66 valence electrons. The zero-order valence-corrected chi connectivity index (χ0v) is 8.30. The van der Waals surface area contributed by atoms with E-state index in [0.29, 0.717) is 9.61 Å². The maximum absolute atomic E-state index is 10.2. The summed E-state index contributed by atoms with van der Waals surface area (Å²) in [5, 5.41) is 19.0. The SMILES string of the molecule is O=C(O)C(O)Cc1csc(Br)n1. The first-order chi connectivity index (χ1) is 5.59. The molecule has 1 rings (SSSR count). The van der Waals surface area contributed by atoms with Crippen LogP contribution < -0.4 is 0 Å². The molecular formula is C6H6BrNO3S. The minimum absolute atomic E-state index is 0.0530. The van der Waals surface area contributed by atoms with Crippen LogP contribution in [0.3, 0.4) is 0 Å². The van der Waals surface area contributed by atoms with E-state index >= 15 is 0 Å². The van der Waals surface area contributed by atoms with E-state index in [1.54, 1.807) is 5.38 Å². The van der Waals surface area contributed by atoms with Gasteiger partial charge in [0.2, 0.25) is 0 Å². The Morgan fingerprint density at radius 3 is 2.92 bits per heavy atom. The van der Waals surface area contributed by atoms with Gasteiger partial charge in [0.15, 0.2) is 10.0 Å². The first-order valence-electron chi connectivity index (χ1n) is 3.10. The normalized spacial score (nSPS) is 12.8. The molecule has 2 N–H and O–H groups in total. The summed E-state index contributed by atoms with van der Waals surface area (Å²) in [6.45, 7) is 0. The molecule has 1 aromatic rings. The van der Waals surface area contributed by atoms with Gasteiger partial charge in [-0.05, 0) is 15.9 Å². The van der Waals surface area contributed by atoms with Crippen LogP contribution in [0.1, 0.15) is 5.69 Å². The van der Waals surface area contributed by atoms with Gasteiger partial charge in [-0.15, -0.1) is 11.3 Å². The molecule has 6 heteroatoms. The lowest BCUT2D eigenvalue weighted by atomic mass is 10.2. The first kappa shape index (κ1) is 9.63. The summed E-state index contributed by atoms with van der Waals surface area (Å²) in [5.74, 6) is -1.22. The van der Waals surface area contributed by atoms with Crippen molar-refractivity contribution in [3.63, 3.8) is 0 Å². The van der Waals surface area contributed by atoms with Crippen molar-refractivity contribution >= 4 is 33.2 Å². The zero-order chi connectivity index (χ0) is 9.14. The fourth-order valence-electron chi connectivity index (χ4n) is 0.661. The molecule has 1 atom stereocenters. The van der Waals surface area contributed by atoms with Crippen molar-refractivity contribution < 1.29 is 15.0 Å². The number of hydrogen-bond acceptors (Lipinski definition) is 4. The third-order valence-corrected chi connectivity index (χ3v) is 2.63. The summed E-state index contributed by atoms with van der Waals surface area (Å²) >= 11 is 4.50. The lowest BCUT2D eigenvalue weighted by Gasteiger charge is -2.00. The van der Waals surface area contributed by atoms with Crippen LogP contribution in [-0.2, 0) is 11.2 Å².